The van der Waals surface area contributed by atoms with Crippen molar-refractivity contribution < 1.29 is 4.79 Å². The number of aromatic nitrogens is 3. The van der Waals surface area contributed by atoms with Gasteiger partial charge in [0.1, 0.15) is 4.83 Å². The molecule has 3 aromatic rings. The highest BCUT2D eigenvalue weighted by molar-refractivity contribution is 7.18. The van der Waals surface area contributed by atoms with Crippen LogP contribution in [0, 0.1) is 20.8 Å². The van der Waals surface area contributed by atoms with Gasteiger partial charge < -0.3 is 4.90 Å². The summed E-state index contributed by atoms with van der Waals surface area (Å²) in [7, 11) is 0. The van der Waals surface area contributed by atoms with E-state index in [1.165, 1.54) is 0 Å². The van der Waals surface area contributed by atoms with Crippen LogP contribution in [0.5, 0.6) is 0 Å². The summed E-state index contributed by atoms with van der Waals surface area (Å²) < 4.78 is 1.58. The predicted octanol–water partition coefficient (Wildman–Crippen LogP) is 2.96. The molecule has 4 rings (SSSR count). The molecule has 1 saturated heterocycles. The van der Waals surface area contributed by atoms with Gasteiger partial charge in [-0.15, -0.1) is 22.7 Å². The van der Waals surface area contributed by atoms with E-state index in [2.05, 4.69) is 20.2 Å². The lowest BCUT2D eigenvalue weighted by molar-refractivity contribution is -0.131. The predicted molar refractivity (Wildman–Crippen MR) is 121 cm³/mol. The summed E-state index contributed by atoms with van der Waals surface area (Å²) in [5.74, 6) is 0.103. The van der Waals surface area contributed by atoms with Crippen LogP contribution in [0.15, 0.2) is 16.5 Å². The maximum Gasteiger partial charge on any atom is 0.262 e. The molecule has 0 unspecified atom stereocenters. The van der Waals surface area contributed by atoms with Crippen molar-refractivity contribution in [1.82, 2.24) is 24.3 Å². The molecule has 0 spiro atoms. The van der Waals surface area contributed by atoms with Crippen LogP contribution in [0.3, 0.4) is 0 Å². The lowest BCUT2D eigenvalue weighted by Gasteiger charge is -2.21. The summed E-state index contributed by atoms with van der Waals surface area (Å²) in [4.78, 5) is 40.8. The zero-order valence-electron chi connectivity index (χ0n) is 17.7. The maximum atomic E-state index is 12.8. The van der Waals surface area contributed by atoms with Gasteiger partial charge >= 0.3 is 0 Å². The molecule has 9 heteroatoms. The molecular formula is C21H27N5O2S2. The number of aryl methyl sites for hydroxylation is 4. The van der Waals surface area contributed by atoms with Crippen molar-refractivity contribution in [2.75, 3.05) is 26.2 Å². The van der Waals surface area contributed by atoms with Crippen LogP contribution >= 0.6 is 22.7 Å². The van der Waals surface area contributed by atoms with E-state index in [1.54, 1.807) is 33.6 Å². The SMILES string of the molecule is Cc1nc(CN2CCCN(C(=O)CCn3cnc4sc(C)c(C)c4c3=O)CC2)cs1. The number of carbonyl (C=O) groups excluding carboxylic acids is 1. The smallest absolute Gasteiger partial charge is 0.262 e. The van der Waals surface area contributed by atoms with Gasteiger partial charge in [-0.1, -0.05) is 0 Å². The van der Waals surface area contributed by atoms with E-state index < -0.39 is 0 Å². The molecule has 1 aliphatic heterocycles. The van der Waals surface area contributed by atoms with Gasteiger partial charge in [0, 0.05) is 55.9 Å². The number of nitrogens with zero attached hydrogens (tertiary/aromatic N) is 5. The second-order valence-electron chi connectivity index (χ2n) is 7.82. The number of carbonyl (C=O) groups is 1. The van der Waals surface area contributed by atoms with Gasteiger partial charge in [-0.3, -0.25) is 19.1 Å². The summed E-state index contributed by atoms with van der Waals surface area (Å²) in [6.45, 7) is 10.5. The minimum Gasteiger partial charge on any atom is -0.341 e. The Morgan fingerprint density at radius 2 is 2.00 bits per heavy atom. The number of fused-ring (bicyclic) bond motifs is 1. The molecule has 160 valence electrons. The largest absolute Gasteiger partial charge is 0.341 e. The molecule has 1 amide bonds. The number of hydrogen-bond donors (Lipinski definition) is 0. The first-order chi connectivity index (χ1) is 14.4. The monoisotopic (exact) mass is 445 g/mol. The number of thiophene rings is 1. The van der Waals surface area contributed by atoms with Gasteiger partial charge in [-0.25, -0.2) is 9.97 Å². The molecule has 0 N–H and O–H groups in total. The van der Waals surface area contributed by atoms with E-state index in [1.807, 2.05) is 25.7 Å². The van der Waals surface area contributed by atoms with Crippen molar-refractivity contribution in [3.05, 3.63) is 43.2 Å². The Balaban J connectivity index is 1.35. The third-order valence-electron chi connectivity index (χ3n) is 5.72. The molecule has 3 aromatic heterocycles. The minimum atomic E-state index is -0.0461. The molecule has 0 radical (unpaired) electrons. The third-order valence-corrected chi connectivity index (χ3v) is 7.65. The van der Waals surface area contributed by atoms with Crippen molar-refractivity contribution in [3.63, 3.8) is 0 Å². The van der Waals surface area contributed by atoms with Crippen LogP contribution in [0.2, 0.25) is 0 Å². The van der Waals surface area contributed by atoms with Gasteiger partial charge in [0.05, 0.1) is 22.4 Å². The van der Waals surface area contributed by atoms with Gasteiger partial charge in [0.15, 0.2) is 0 Å². The van der Waals surface area contributed by atoms with Crippen molar-refractivity contribution in [3.8, 4) is 0 Å². The molecule has 0 atom stereocenters. The molecule has 7 nitrogen and oxygen atoms in total. The summed E-state index contributed by atoms with van der Waals surface area (Å²) in [6.07, 6.45) is 2.85. The molecule has 0 bridgehead atoms. The van der Waals surface area contributed by atoms with Gasteiger partial charge in [0.25, 0.3) is 5.56 Å². The second-order valence-corrected chi connectivity index (χ2v) is 10.1. The molecule has 30 heavy (non-hydrogen) atoms. The highest BCUT2D eigenvalue weighted by atomic mass is 32.1. The Hall–Kier alpha value is -2.10. The standard InChI is InChI=1S/C21H27N5O2S2/c1-14-15(2)30-20-19(14)21(28)26(13-22-20)8-5-18(27)25-7-4-6-24(9-10-25)11-17-12-29-16(3)23-17/h12-13H,4-11H2,1-3H3. The minimum absolute atomic E-state index is 0.0461. The Labute approximate surface area is 184 Å². The van der Waals surface area contributed by atoms with Crippen LogP contribution in [0.1, 0.15) is 34.0 Å². The van der Waals surface area contributed by atoms with Gasteiger partial charge in [0.2, 0.25) is 5.91 Å². The first-order valence-electron chi connectivity index (χ1n) is 10.3. The molecule has 0 saturated carbocycles. The van der Waals surface area contributed by atoms with E-state index in [9.17, 15) is 9.59 Å². The van der Waals surface area contributed by atoms with Crippen molar-refractivity contribution in [2.45, 2.75) is 46.7 Å². The molecule has 0 aliphatic carbocycles. The Morgan fingerprint density at radius 1 is 1.17 bits per heavy atom. The van der Waals surface area contributed by atoms with Gasteiger partial charge in [-0.2, -0.15) is 0 Å². The van der Waals surface area contributed by atoms with Crippen LogP contribution in [-0.4, -0.2) is 56.4 Å². The van der Waals surface area contributed by atoms with Crippen LogP contribution in [0.25, 0.3) is 10.2 Å². The maximum absolute atomic E-state index is 12.8. The summed E-state index contributed by atoms with van der Waals surface area (Å²) >= 11 is 3.22. The van der Waals surface area contributed by atoms with Gasteiger partial charge in [-0.05, 0) is 32.8 Å². The summed E-state index contributed by atoms with van der Waals surface area (Å²) in [5, 5.41) is 3.89. The Bertz CT molecular complexity index is 1120. The number of rotatable bonds is 5. The van der Waals surface area contributed by atoms with E-state index in [0.29, 0.717) is 18.4 Å². The average molecular weight is 446 g/mol. The fraction of sp³-hybridized carbons (Fsp3) is 0.524. The molecule has 0 aromatic carbocycles. The molecular weight excluding hydrogens is 418 g/mol. The number of hydrogen-bond acceptors (Lipinski definition) is 7. The highest BCUT2D eigenvalue weighted by Gasteiger charge is 2.20. The lowest BCUT2D eigenvalue weighted by Crippen LogP contribution is -2.36. The second kappa shape index (κ2) is 8.95. The van der Waals surface area contributed by atoms with E-state index >= 15 is 0 Å². The lowest BCUT2D eigenvalue weighted by atomic mass is 10.2. The topological polar surface area (TPSA) is 71.3 Å². The van der Waals surface area contributed by atoms with Crippen molar-refractivity contribution in [1.29, 1.82) is 0 Å². The zero-order valence-corrected chi connectivity index (χ0v) is 19.3. The van der Waals surface area contributed by atoms with E-state index in [0.717, 1.165) is 65.1 Å². The zero-order chi connectivity index (χ0) is 21.3. The fourth-order valence-corrected chi connectivity index (χ4v) is 5.48. The first-order valence-corrected chi connectivity index (χ1v) is 12.0. The van der Waals surface area contributed by atoms with E-state index in [4.69, 9.17) is 0 Å². The third kappa shape index (κ3) is 4.48. The van der Waals surface area contributed by atoms with Crippen molar-refractivity contribution >= 4 is 38.8 Å². The summed E-state index contributed by atoms with van der Waals surface area (Å²) in [6, 6.07) is 0. The van der Waals surface area contributed by atoms with E-state index in [-0.39, 0.29) is 11.5 Å². The molecule has 4 heterocycles. The fourth-order valence-electron chi connectivity index (χ4n) is 3.89. The van der Waals surface area contributed by atoms with Crippen LogP contribution < -0.4 is 5.56 Å². The highest BCUT2D eigenvalue weighted by Crippen LogP contribution is 2.25. The summed E-state index contributed by atoms with van der Waals surface area (Å²) in [5.41, 5.74) is 2.06. The van der Waals surface area contributed by atoms with Crippen molar-refractivity contribution in [2.24, 2.45) is 0 Å². The normalized spacial score (nSPS) is 15.6. The Morgan fingerprint density at radius 3 is 2.77 bits per heavy atom. The molecule has 1 aliphatic rings. The average Bonchev–Trinajstić information content (AvgIpc) is 3.15. The molecule has 1 fully saturated rings. The Kier molecular flexibility index (Phi) is 6.31. The first kappa shape index (κ1) is 21.1. The van der Waals surface area contributed by atoms with Crippen LogP contribution in [0.4, 0.5) is 0 Å². The number of amides is 1. The number of thiazole rings is 1. The van der Waals surface area contributed by atoms with Crippen LogP contribution in [-0.2, 0) is 17.9 Å². The quantitative estimate of drug-likeness (QED) is 0.604.